The molecule has 0 spiro atoms. The minimum absolute atomic E-state index is 0. The van der Waals surface area contributed by atoms with Gasteiger partial charge in [-0.3, -0.25) is 0 Å². The van der Waals surface area contributed by atoms with Gasteiger partial charge in [0.05, 0.1) is 11.0 Å². The smallest absolute Gasteiger partial charge is 0.243 e. The Bertz CT molecular complexity index is 620. The molecular formula is C16H27ClN2O3S. The number of hydrogen-bond acceptors (Lipinski definition) is 4. The zero-order valence-corrected chi connectivity index (χ0v) is 15.6. The van der Waals surface area contributed by atoms with Crippen molar-refractivity contribution in [2.24, 2.45) is 11.7 Å². The van der Waals surface area contributed by atoms with Crippen molar-refractivity contribution in [2.75, 3.05) is 19.6 Å². The quantitative estimate of drug-likeness (QED) is 0.873. The molecule has 1 aliphatic rings. The van der Waals surface area contributed by atoms with Crippen LogP contribution in [0, 0.1) is 12.8 Å². The first-order chi connectivity index (χ1) is 10.3. The largest absolute Gasteiger partial charge is 0.491 e. The Labute approximate surface area is 145 Å². The van der Waals surface area contributed by atoms with Gasteiger partial charge in [0.25, 0.3) is 0 Å². The SMILES string of the molecule is Cc1cc(S(=O)(=O)N2CCCC(CN)C2)ccc1OC(C)C.Cl. The van der Waals surface area contributed by atoms with E-state index in [1.807, 2.05) is 20.8 Å². The maximum Gasteiger partial charge on any atom is 0.243 e. The van der Waals surface area contributed by atoms with E-state index < -0.39 is 10.0 Å². The zero-order valence-electron chi connectivity index (χ0n) is 14.0. The van der Waals surface area contributed by atoms with Gasteiger partial charge in [0.1, 0.15) is 5.75 Å². The summed E-state index contributed by atoms with van der Waals surface area (Å²) in [6, 6.07) is 5.07. The van der Waals surface area contributed by atoms with Crippen LogP contribution in [-0.2, 0) is 10.0 Å². The molecule has 1 aromatic carbocycles. The molecule has 0 bridgehead atoms. The number of ether oxygens (including phenoxy) is 1. The molecule has 0 saturated carbocycles. The average molecular weight is 363 g/mol. The molecule has 0 radical (unpaired) electrons. The summed E-state index contributed by atoms with van der Waals surface area (Å²) >= 11 is 0. The van der Waals surface area contributed by atoms with Crippen molar-refractivity contribution in [3.63, 3.8) is 0 Å². The molecule has 1 atom stereocenters. The predicted molar refractivity (Wildman–Crippen MR) is 94.7 cm³/mol. The first-order valence-electron chi connectivity index (χ1n) is 7.82. The van der Waals surface area contributed by atoms with Crippen molar-refractivity contribution in [1.29, 1.82) is 0 Å². The van der Waals surface area contributed by atoms with Crippen LogP contribution in [0.3, 0.4) is 0 Å². The van der Waals surface area contributed by atoms with Gasteiger partial charge < -0.3 is 10.5 Å². The lowest BCUT2D eigenvalue weighted by molar-refractivity contribution is 0.240. The van der Waals surface area contributed by atoms with Crippen LogP contribution >= 0.6 is 12.4 Å². The van der Waals surface area contributed by atoms with Gasteiger partial charge in [0.2, 0.25) is 10.0 Å². The Morgan fingerprint density at radius 2 is 2.09 bits per heavy atom. The molecule has 1 aliphatic heterocycles. The number of nitrogens with zero attached hydrogens (tertiary/aromatic N) is 1. The number of aryl methyl sites for hydroxylation is 1. The minimum Gasteiger partial charge on any atom is -0.491 e. The summed E-state index contributed by atoms with van der Waals surface area (Å²) in [7, 11) is -3.45. The normalized spacial score (nSPS) is 19.4. The molecule has 1 unspecified atom stereocenters. The fraction of sp³-hybridized carbons (Fsp3) is 0.625. The standard InChI is InChI=1S/C16H26N2O3S.ClH/c1-12(2)21-16-7-6-15(9-13(16)3)22(19,20)18-8-4-5-14(10-17)11-18;/h6-7,9,12,14H,4-5,8,10-11,17H2,1-3H3;1H. The molecular weight excluding hydrogens is 336 g/mol. The zero-order chi connectivity index (χ0) is 16.3. The monoisotopic (exact) mass is 362 g/mol. The maximum absolute atomic E-state index is 12.8. The van der Waals surface area contributed by atoms with Crippen molar-refractivity contribution in [1.82, 2.24) is 4.31 Å². The third kappa shape index (κ3) is 4.83. The molecule has 7 heteroatoms. The summed E-state index contributed by atoms with van der Waals surface area (Å²) in [6.07, 6.45) is 1.94. The van der Waals surface area contributed by atoms with Crippen molar-refractivity contribution in [3.8, 4) is 5.75 Å². The fourth-order valence-electron chi connectivity index (χ4n) is 2.76. The van der Waals surface area contributed by atoms with Gasteiger partial charge >= 0.3 is 0 Å². The van der Waals surface area contributed by atoms with Crippen molar-refractivity contribution in [3.05, 3.63) is 23.8 Å². The number of nitrogens with two attached hydrogens (primary N) is 1. The molecule has 1 heterocycles. The van der Waals surface area contributed by atoms with Crippen LogP contribution in [0.4, 0.5) is 0 Å². The second kappa shape index (κ2) is 8.33. The Kier molecular flexibility index (Phi) is 7.32. The van der Waals surface area contributed by atoms with Gasteiger partial charge in [-0.25, -0.2) is 8.42 Å². The molecule has 0 aliphatic carbocycles. The highest BCUT2D eigenvalue weighted by Gasteiger charge is 2.30. The second-order valence-corrected chi connectivity index (χ2v) is 8.14. The molecule has 1 saturated heterocycles. The lowest BCUT2D eigenvalue weighted by Crippen LogP contribution is -2.41. The van der Waals surface area contributed by atoms with Gasteiger partial charge in [0, 0.05) is 13.1 Å². The third-order valence-corrected chi connectivity index (χ3v) is 5.82. The van der Waals surface area contributed by atoms with Gasteiger partial charge in [0.15, 0.2) is 0 Å². The fourth-order valence-corrected chi connectivity index (χ4v) is 4.40. The molecule has 0 amide bonds. The van der Waals surface area contributed by atoms with Gasteiger partial charge in [-0.15, -0.1) is 12.4 Å². The predicted octanol–water partition coefficient (Wildman–Crippen LogP) is 2.56. The number of benzene rings is 1. The van der Waals surface area contributed by atoms with Crippen LogP contribution in [0.5, 0.6) is 5.75 Å². The van der Waals surface area contributed by atoms with E-state index in [2.05, 4.69) is 0 Å². The molecule has 1 fully saturated rings. The highest BCUT2D eigenvalue weighted by Crippen LogP contribution is 2.27. The van der Waals surface area contributed by atoms with Crippen molar-refractivity contribution < 1.29 is 13.2 Å². The van der Waals surface area contributed by atoms with E-state index in [1.165, 1.54) is 0 Å². The Hall–Kier alpha value is -0.820. The van der Waals surface area contributed by atoms with E-state index in [1.54, 1.807) is 22.5 Å². The lowest BCUT2D eigenvalue weighted by atomic mass is 10.0. The van der Waals surface area contributed by atoms with E-state index in [9.17, 15) is 8.42 Å². The maximum atomic E-state index is 12.8. The Morgan fingerprint density at radius 3 is 2.65 bits per heavy atom. The molecule has 23 heavy (non-hydrogen) atoms. The van der Waals surface area contributed by atoms with Crippen molar-refractivity contribution in [2.45, 2.75) is 44.6 Å². The molecule has 1 aromatic rings. The van der Waals surface area contributed by atoms with E-state index in [-0.39, 0.29) is 24.4 Å². The van der Waals surface area contributed by atoms with E-state index in [0.29, 0.717) is 24.5 Å². The van der Waals surface area contributed by atoms with E-state index in [0.717, 1.165) is 24.2 Å². The minimum atomic E-state index is -3.45. The third-order valence-electron chi connectivity index (χ3n) is 3.96. The molecule has 0 aromatic heterocycles. The highest BCUT2D eigenvalue weighted by atomic mass is 35.5. The number of sulfonamides is 1. The summed E-state index contributed by atoms with van der Waals surface area (Å²) in [5, 5.41) is 0. The highest BCUT2D eigenvalue weighted by molar-refractivity contribution is 7.89. The van der Waals surface area contributed by atoms with Crippen LogP contribution in [0.15, 0.2) is 23.1 Å². The number of piperidine rings is 1. The molecule has 2 rings (SSSR count). The first-order valence-corrected chi connectivity index (χ1v) is 9.26. The van der Waals surface area contributed by atoms with Crippen LogP contribution in [0.1, 0.15) is 32.3 Å². The summed E-state index contributed by atoms with van der Waals surface area (Å²) < 4.78 is 32.8. The number of hydrogen-bond donors (Lipinski definition) is 1. The van der Waals surface area contributed by atoms with Crippen LogP contribution in [0.25, 0.3) is 0 Å². The summed E-state index contributed by atoms with van der Waals surface area (Å²) in [5.74, 6) is 0.987. The van der Waals surface area contributed by atoms with Gasteiger partial charge in [-0.2, -0.15) is 4.31 Å². The van der Waals surface area contributed by atoms with E-state index >= 15 is 0 Å². The van der Waals surface area contributed by atoms with Crippen LogP contribution < -0.4 is 10.5 Å². The van der Waals surface area contributed by atoms with Gasteiger partial charge in [-0.1, -0.05) is 0 Å². The molecule has 5 nitrogen and oxygen atoms in total. The Balaban J connectivity index is 0.00000264. The summed E-state index contributed by atoms with van der Waals surface area (Å²) in [5.41, 5.74) is 6.54. The summed E-state index contributed by atoms with van der Waals surface area (Å²) in [4.78, 5) is 0.332. The number of rotatable bonds is 5. The Morgan fingerprint density at radius 1 is 1.39 bits per heavy atom. The van der Waals surface area contributed by atoms with Crippen LogP contribution in [0.2, 0.25) is 0 Å². The average Bonchev–Trinajstić information content (AvgIpc) is 2.49. The lowest BCUT2D eigenvalue weighted by Gasteiger charge is -2.31. The number of halogens is 1. The van der Waals surface area contributed by atoms with Crippen LogP contribution in [-0.4, -0.2) is 38.5 Å². The molecule has 2 N–H and O–H groups in total. The first kappa shape index (κ1) is 20.2. The second-order valence-electron chi connectivity index (χ2n) is 6.20. The topological polar surface area (TPSA) is 72.6 Å². The van der Waals surface area contributed by atoms with E-state index in [4.69, 9.17) is 10.5 Å². The van der Waals surface area contributed by atoms with Crippen molar-refractivity contribution >= 4 is 22.4 Å². The van der Waals surface area contributed by atoms with Gasteiger partial charge in [-0.05, 0) is 69.8 Å². The molecule has 132 valence electrons. The summed E-state index contributed by atoms with van der Waals surface area (Å²) in [6.45, 7) is 7.39.